The predicted molar refractivity (Wildman–Crippen MR) is 67.0 cm³/mol. The molecule has 1 aromatic rings. The van der Waals surface area contributed by atoms with Gasteiger partial charge in [-0.2, -0.15) is 5.10 Å². The van der Waals surface area contributed by atoms with Crippen molar-refractivity contribution < 1.29 is 14.5 Å². The van der Waals surface area contributed by atoms with Crippen LogP contribution in [0.3, 0.4) is 0 Å². The summed E-state index contributed by atoms with van der Waals surface area (Å²) >= 11 is 0. The van der Waals surface area contributed by atoms with Crippen LogP contribution in [0.2, 0.25) is 0 Å². The normalized spacial score (nSPS) is 18.7. The molecule has 1 aliphatic rings. The summed E-state index contributed by atoms with van der Waals surface area (Å²) in [7, 11) is 2.96. The van der Waals surface area contributed by atoms with E-state index in [1.54, 1.807) is 18.9 Å². The van der Waals surface area contributed by atoms with Crippen LogP contribution in [-0.2, 0) is 16.6 Å². The van der Waals surface area contributed by atoms with Crippen molar-refractivity contribution in [2.75, 3.05) is 18.6 Å². The lowest BCUT2D eigenvalue weighted by atomic mass is 10.2. The van der Waals surface area contributed by atoms with Crippen LogP contribution in [0.25, 0.3) is 0 Å². The Morgan fingerprint density at radius 2 is 2.26 bits per heavy atom. The Morgan fingerprint density at radius 3 is 2.84 bits per heavy atom. The van der Waals surface area contributed by atoms with Gasteiger partial charge in [0.1, 0.15) is 11.7 Å². The molecule has 1 unspecified atom stereocenters. The molecule has 1 aromatic heterocycles. The number of carbonyl (C=O) groups excluding carboxylic acids is 1. The minimum Gasteiger partial charge on any atom is -0.467 e. The van der Waals surface area contributed by atoms with Crippen LogP contribution in [0.15, 0.2) is 0 Å². The van der Waals surface area contributed by atoms with E-state index in [0.29, 0.717) is 24.5 Å². The molecule has 2 heterocycles. The van der Waals surface area contributed by atoms with Crippen LogP contribution in [0.4, 0.5) is 11.5 Å². The first-order valence-electron chi connectivity index (χ1n) is 5.99. The van der Waals surface area contributed by atoms with Crippen LogP contribution >= 0.6 is 0 Å². The number of methoxy groups -OCH3 is 1. The molecule has 0 amide bonds. The minimum atomic E-state index is -0.474. The summed E-state index contributed by atoms with van der Waals surface area (Å²) in [5, 5.41) is 15.2. The van der Waals surface area contributed by atoms with Gasteiger partial charge in [-0.15, -0.1) is 0 Å². The van der Waals surface area contributed by atoms with Crippen LogP contribution in [0.5, 0.6) is 0 Å². The fourth-order valence-electron chi connectivity index (χ4n) is 2.57. The van der Waals surface area contributed by atoms with Crippen molar-refractivity contribution in [1.82, 2.24) is 9.78 Å². The van der Waals surface area contributed by atoms with E-state index in [9.17, 15) is 14.9 Å². The monoisotopic (exact) mass is 268 g/mol. The smallest absolute Gasteiger partial charge is 0.333 e. The maximum Gasteiger partial charge on any atom is 0.333 e. The Balaban J connectivity index is 2.46. The highest BCUT2D eigenvalue weighted by Gasteiger charge is 2.38. The highest BCUT2D eigenvalue weighted by molar-refractivity contribution is 5.81. The Labute approximate surface area is 110 Å². The minimum absolute atomic E-state index is 0.0432. The number of aromatic nitrogens is 2. The third-order valence-electron chi connectivity index (χ3n) is 3.34. The molecule has 19 heavy (non-hydrogen) atoms. The van der Waals surface area contributed by atoms with Gasteiger partial charge < -0.3 is 9.64 Å². The molecule has 8 heteroatoms. The molecule has 0 spiro atoms. The van der Waals surface area contributed by atoms with E-state index < -0.39 is 11.0 Å². The predicted octanol–water partition coefficient (Wildman–Crippen LogP) is 0.779. The fourth-order valence-corrected chi connectivity index (χ4v) is 2.57. The Bertz CT molecular complexity index is 525. The summed E-state index contributed by atoms with van der Waals surface area (Å²) < 4.78 is 6.21. The largest absolute Gasteiger partial charge is 0.467 e. The standard InChI is InChI=1S/C11H16N4O4/c1-7-9(15(17)18)10(13(2)12-7)14-6-4-5-8(14)11(16)19-3/h8H,4-6H2,1-3H3. The topological polar surface area (TPSA) is 90.5 Å². The number of esters is 1. The average Bonchev–Trinajstić information content (AvgIpc) is 2.91. The zero-order chi connectivity index (χ0) is 14.2. The summed E-state index contributed by atoms with van der Waals surface area (Å²) in [6.07, 6.45) is 1.43. The number of carbonyl (C=O) groups is 1. The van der Waals surface area contributed by atoms with Crippen molar-refractivity contribution in [2.45, 2.75) is 25.8 Å². The van der Waals surface area contributed by atoms with Crippen molar-refractivity contribution in [3.05, 3.63) is 15.8 Å². The molecule has 1 saturated heterocycles. The molecule has 1 atom stereocenters. The maximum absolute atomic E-state index is 11.7. The quantitative estimate of drug-likeness (QED) is 0.457. The van der Waals surface area contributed by atoms with Gasteiger partial charge in [0.25, 0.3) is 0 Å². The second kappa shape index (κ2) is 4.87. The van der Waals surface area contributed by atoms with E-state index in [4.69, 9.17) is 4.74 Å². The molecule has 1 aliphatic heterocycles. The van der Waals surface area contributed by atoms with E-state index in [1.165, 1.54) is 11.8 Å². The molecule has 0 saturated carbocycles. The highest BCUT2D eigenvalue weighted by atomic mass is 16.6. The Hall–Kier alpha value is -2.12. The second-order valence-electron chi connectivity index (χ2n) is 4.51. The molecular weight excluding hydrogens is 252 g/mol. The molecule has 8 nitrogen and oxygen atoms in total. The lowest BCUT2D eigenvalue weighted by Crippen LogP contribution is -2.38. The number of nitro groups is 1. The van der Waals surface area contributed by atoms with Gasteiger partial charge in [-0.3, -0.25) is 10.1 Å². The van der Waals surface area contributed by atoms with Gasteiger partial charge in [0.2, 0.25) is 5.82 Å². The lowest BCUT2D eigenvalue weighted by molar-refractivity contribution is -0.384. The van der Waals surface area contributed by atoms with Crippen LogP contribution < -0.4 is 4.90 Å². The van der Waals surface area contributed by atoms with Crippen LogP contribution in [0, 0.1) is 17.0 Å². The fraction of sp³-hybridized carbons (Fsp3) is 0.636. The maximum atomic E-state index is 11.7. The molecule has 0 radical (unpaired) electrons. The molecule has 1 fully saturated rings. The van der Waals surface area contributed by atoms with Gasteiger partial charge in [-0.1, -0.05) is 0 Å². The van der Waals surface area contributed by atoms with E-state index in [1.807, 2.05) is 0 Å². The average molecular weight is 268 g/mol. The van der Waals surface area contributed by atoms with Gasteiger partial charge in [0.15, 0.2) is 0 Å². The third kappa shape index (κ3) is 2.13. The zero-order valence-electron chi connectivity index (χ0n) is 11.1. The molecule has 104 valence electrons. The number of aryl methyl sites for hydroxylation is 2. The zero-order valence-corrected chi connectivity index (χ0v) is 11.1. The molecule has 0 bridgehead atoms. The van der Waals surface area contributed by atoms with Crippen molar-refractivity contribution in [2.24, 2.45) is 7.05 Å². The first kappa shape index (κ1) is 13.3. The van der Waals surface area contributed by atoms with Crippen LogP contribution in [-0.4, -0.2) is 40.4 Å². The van der Waals surface area contributed by atoms with Crippen molar-refractivity contribution in [3.8, 4) is 0 Å². The van der Waals surface area contributed by atoms with Gasteiger partial charge in [-0.05, 0) is 19.8 Å². The van der Waals surface area contributed by atoms with Crippen molar-refractivity contribution in [1.29, 1.82) is 0 Å². The third-order valence-corrected chi connectivity index (χ3v) is 3.34. The Kier molecular flexibility index (Phi) is 3.41. The van der Waals surface area contributed by atoms with E-state index in [-0.39, 0.29) is 11.7 Å². The van der Waals surface area contributed by atoms with Gasteiger partial charge in [0.05, 0.1) is 12.0 Å². The van der Waals surface area contributed by atoms with Gasteiger partial charge >= 0.3 is 11.7 Å². The van der Waals surface area contributed by atoms with Crippen molar-refractivity contribution in [3.63, 3.8) is 0 Å². The number of nitrogens with zero attached hydrogens (tertiary/aromatic N) is 4. The lowest BCUT2D eigenvalue weighted by Gasteiger charge is -2.23. The molecule has 0 aromatic carbocycles. The SMILES string of the molecule is COC(=O)C1CCCN1c1c([N+](=O)[O-])c(C)nn1C. The number of ether oxygens (including phenoxy) is 1. The summed E-state index contributed by atoms with van der Waals surface area (Å²) in [4.78, 5) is 24.2. The summed E-state index contributed by atoms with van der Waals surface area (Å²) in [6.45, 7) is 2.17. The second-order valence-corrected chi connectivity index (χ2v) is 4.51. The van der Waals surface area contributed by atoms with Gasteiger partial charge in [0, 0.05) is 13.6 Å². The first-order chi connectivity index (χ1) is 8.97. The summed E-state index contributed by atoms with van der Waals surface area (Å²) in [5.41, 5.74) is 0.302. The molecule has 0 N–H and O–H groups in total. The molecular formula is C11H16N4O4. The number of hydrogen-bond donors (Lipinski definition) is 0. The van der Waals surface area contributed by atoms with E-state index in [0.717, 1.165) is 6.42 Å². The first-order valence-corrected chi connectivity index (χ1v) is 5.99. The molecule has 0 aliphatic carbocycles. The van der Waals surface area contributed by atoms with E-state index >= 15 is 0 Å². The Morgan fingerprint density at radius 1 is 1.58 bits per heavy atom. The summed E-state index contributed by atoms with van der Waals surface area (Å²) in [5.74, 6) is 0.000973. The van der Waals surface area contributed by atoms with Crippen molar-refractivity contribution >= 4 is 17.5 Å². The number of anilines is 1. The van der Waals surface area contributed by atoms with E-state index in [2.05, 4.69) is 5.10 Å². The number of hydrogen-bond acceptors (Lipinski definition) is 6. The van der Waals surface area contributed by atoms with Crippen LogP contribution in [0.1, 0.15) is 18.5 Å². The highest BCUT2D eigenvalue weighted by Crippen LogP contribution is 2.35. The number of rotatable bonds is 3. The molecule has 2 rings (SSSR count). The summed E-state index contributed by atoms with van der Waals surface area (Å²) in [6, 6.07) is -0.474. The van der Waals surface area contributed by atoms with Gasteiger partial charge in [-0.25, -0.2) is 9.48 Å².